The van der Waals surface area contributed by atoms with Gasteiger partial charge in [-0.3, -0.25) is 0 Å². The summed E-state index contributed by atoms with van der Waals surface area (Å²) in [5, 5.41) is 0. The second-order valence-corrected chi connectivity index (χ2v) is 4.87. The van der Waals surface area contributed by atoms with Gasteiger partial charge in [0.25, 0.3) is 0 Å². The van der Waals surface area contributed by atoms with Crippen LogP contribution in [-0.4, -0.2) is 13.1 Å². The Balaban J connectivity index is 2.65. The topological polar surface area (TPSA) is 26.3 Å². The molecule has 0 fully saturated rings. The molecule has 1 aromatic rings. The molecule has 0 aliphatic rings. The van der Waals surface area contributed by atoms with E-state index in [1.54, 1.807) is 0 Å². The fourth-order valence-corrected chi connectivity index (χ4v) is 1.65. The molecule has 2 heteroatoms. The number of rotatable bonds is 6. The quantitative estimate of drug-likeness (QED) is 0.563. The Morgan fingerprint density at radius 3 is 2.53 bits per heavy atom. The number of hydrogen-bond acceptors (Lipinski definition) is 2. The zero-order valence-corrected chi connectivity index (χ0v) is 11.9. The first kappa shape index (κ1) is 15.2. The van der Waals surface area contributed by atoms with E-state index >= 15 is 0 Å². The van der Waals surface area contributed by atoms with E-state index in [1.807, 2.05) is 48.6 Å². The summed E-state index contributed by atoms with van der Waals surface area (Å²) in [6.07, 6.45) is 7.49. The molecule has 0 atom stereocenters. The van der Waals surface area contributed by atoms with Crippen molar-refractivity contribution in [1.82, 2.24) is 0 Å². The summed E-state index contributed by atoms with van der Waals surface area (Å²) in [7, 11) is 1.42. The van der Waals surface area contributed by atoms with Crippen LogP contribution in [0.15, 0.2) is 48.1 Å². The number of methoxy groups -OCH3 is 1. The molecule has 0 spiro atoms. The van der Waals surface area contributed by atoms with Gasteiger partial charge < -0.3 is 4.74 Å². The lowest BCUT2D eigenvalue weighted by Gasteiger charge is -2.04. The molecule has 0 saturated heterocycles. The van der Waals surface area contributed by atoms with Crippen LogP contribution in [0.25, 0.3) is 6.08 Å². The molecule has 0 saturated carbocycles. The predicted octanol–water partition coefficient (Wildman–Crippen LogP) is 4.24. The first-order valence-electron chi connectivity index (χ1n) is 6.62. The lowest BCUT2D eigenvalue weighted by atomic mass is 10.1. The van der Waals surface area contributed by atoms with Crippen molar-refractivity contribution < 1.29 is 9.53 Å². The van der Waals surface area contributed by atoms with E-state index < -0.39 is 0 Å². The molecule has 0 bridgehead atoms. The van der Waals surface area contributed by atoms with Gasteiger partial charge in [0, 0.05) is 5.57 Å². The van der Waals surface area contributed by atoms with Gasteiger partial charge in [-0.05, 0) is 24.3 Å². The summed E-state index contributed by atoms with van der Waals surface area (Å²) in [5.41, 5.74) is 1.86. The molecular formula is C17H22O2. The van der Waals surface area contributed by atoms with Crippen molar-refractivity contribution in [2.75, 3.05) is 7.11 Å². The van der Waals surface area contributed by atoms with Crippen LogP contribution in [0.2, 0.25) is 0 Å². The predicted molar refractivity (Wildman–Crippen MR) is 79.6 cm³/mol. The lowest BCUT2D eigenvalue weighted by molar-refractivity contribution is -0.136. The lowest BCUT2D eigenvalue weighted by Crippen LogP contribution is -2.04. The Morgan fingerprint density at radius 2 is 1.95 bits per heavy atom. The van der Waals surface area contributed by atoms with Gasteiger partial charge in [-0.25, -0.2) is 4.79 Å². The van der Waals surface area contributed by atoms with Gasteiger partial charge in [-0.15, -0.1) is 0 Å². The second kappa shape index (κ2) is 8.30. The van der Waals surface area contributed by atoms with E-state index in [2.05, 4.69) is 13.8 Å². The summed E-state index contributed by atoms with van der Waals surface area (Å²) < 4.78 is 4.81. The molecule has 0 aromatic heterocycles. The highest BCUT2D eigenvalue weighted by atomic mass is 16.5. The molecule has 1 rings (SSSR count). The maximum Gasteiger partial charge on any atom is 0.333 e. The fourth-order valence-electron chi connectivity index (χ4n) is 1.65. The Hall–Kier alpha value is -1.83. The molecular weight excluding hydrogens is 236 g/mol. The van der Waals surface area contributed by atoms with Gasteiger partial charge in [-0.2, -0.15) is 0 Å². The van der Waals surface area contributed by atoms with Gasteiger partial charge in [0.1, 0.15) is 0 Å². The monoisotopic (exact) mass is 258 g/mol. The maximum absolute atomic E-state index is 11.6. The summed E-state index contributed by atoms with van der Waals surface area (Å²) in [4.78, 5) is 11.6. The van der Waals surface area contributed by atoms with E-state index in [4.69, 9.17) is 4.74 Å². The zero-order valence-electron chi connectivity index (χ0n) is 11.9. The Labute approximate surface area is 115 Å². The normalized spacial score (nSPS) is 12.1. The van der Waals surface area contributed by atoms with Crippen molar-refractivity contribution in [3.8, 4) is 0 Å². The highest BCUT2D eigenvalue weighted by molar-refractivity contribution is 5.88. The van der Waals surface area contributed by atoms with Crippen LogP contribution in [-0.2, 0) is 9.53 Å². The van der Waals surface area contributed by atoms with Gasteiger partial charge >= 0.3 is 5.97 Å². The maximum atomic E-state index is 11.6. The van der Waals surface area contributed by atoms with E-state index in [0.717, 1.165) is 17.6 Å². The summed E-state index contributed by atoms with van der Waals surface area (Å²) >= 11 is 0. The Kier molecular flexibility index (Phi) is 6.65. The number of benzene rings is 1. The number of ether oxygens (including phenoxy) is 1. The van der Waals surface area contributed by atoms with Gasteiger partial charge in [0.2, 0.25) is 0 Å². The molecule has 2 nitrogen and oxygen atoms in total. The fraction of sp³-hybridized carbons (Fsp3) is 0.353. The van der Waals surface area contributed by atoms with Crippen molar-refractivity contribution in [2.24, 2.45) is 5.92 Å². The molecule has 0 aliphatic carbocycles. The molecule has 0 amide bonds. The van der Waals surface area contributed by atoms with Crippen molar-refractivity contribution in [1.29, 1.82) is 0 Å². The van der Waals surface area contributed by atoms with Crippen LogP contribution >= 0.6 is 0 Å². The minimum Gasteiger partial charge on any atom is -0.466 e. The number of carbonyl (C=O) groups excluding carboxylic acids is 1. The molecule has 19 heavy (non-hydrogen) atoms. The summed E-state index contributed by atoms with van der Waals surface area (Å²) in [6.45, 7) is 4.26. The molecule has 0 radical (unpaired) electrons. The number of carbonyl (C=O) groups is 1. The van der Waals surface area contributed by atoms with Gasteiger partial charge in [-0.1, -0.05) is 62.4 Å². The summed E-state index contributed by atoms with van der Waals surface area (Å²) in [6, 6.07) is 10.0. The highest BCUT2D eigenvalue weighted by Crippen LogP contribution is 2.12. The zero-order chi connectivity index (χ0) is 14.1. The first-order chi connectivity index (χ1) is 9.13. The van der Waals surface area contributed by atoms with Crippen molar-refractivity contribution in [3.05, 3.63) is 53.6 Å². The van der Waals surface area contributed by atoms with E-state index in [1.165, 1.54) is 7.11 Å². The average molecular weight is 258 g/mol. The molecule has 0 N–H and O–H groups in total. The SMILES string of the molecule is COC(=O)/C(=C/CC(C)C)C/C=C/c1ccccc1. The number of allylic oxidation sites excluding steroid dienone is 2. The minimum atomic E-state index is -0.238. The van der Waals surface area contributed by atoms with Gasteiger partial charge in [0.15, 0.2) is 0 Å². The Bertz CT molecular complexity index is 442. The second-order valence-electron chi connectivity index (χ2n) is 4.87. The smallest absolute Gasteiger partial charge is 0.333 e. The van der Waals surface area contributed by atoms with Crippen molar-refractivity contribution in [2.45, 2.75) is 26.7 Å². The van der Waals surface area contributed by atoms with Crippen LogP contribution in [0.3, 0.4) is 0 Å². The molecule has 0 heterocycles. The first-order valence-corrected chi connectivity index (χ1v) is 6.62. The van der Waals surface area contributed by atoms with Crippen LogP contribution in [0.4, 0.5) is 0 Å². The number of hydrogen-bond donors (Lipinski definition) is 0. The third-order valence-corrected chi connectivity index (χ3v) is 2.73. The van der Waals surface area contributed by atoms with Gasteiger partial charge in [0.05, 0.1) is 7.11 Å². The third-order valence-electron chi connectivity index (χ3n) is 2.73. The largest absolute Gasteiger partial charge is 0.466 e. The van der Waals surface area contributed by atoms with Crippen molar-refractivity contribution in [3.63, 3.8) is 0 Å². The van der Waals surface area contributed by atoms with E-state index in [0.29, 0.717) is 12.3 Å². The third kappa shape index (κ3) is 6.05. The van der Waals surface area contributed by atoms with E-state index in [9.17, 15) is 4.79 Å². The van der Waals surface area contributed by atoms with Crippen LogP contribution in [0.5, 0.6) is 0 Å². The Morgan fingerprint density at radius 1 is 1.26 bits per heavy atom. The molecule has 1 aromatic carbocycles. The molecule has 0 aliphatic heterocycles. The number of esters is 1. The van der Waals surface area contributed by atoms with Crippen LogP contribution in [0.1, 0.15) is 32.3 Å². The highest BCUT2D eigenvalue weighted by Gasteiger charge is 2.07. The average Bonchev–Trinajstić information content (AvgIpc) is 2.42. The van der Waals surface area contributed by atoms with Crippen LogP contribution < -0.4 is 0 Å². The minimum absolute atomic E-state index is 0.238. The van der Waals surface area contributed by atoms with E-state index in [-0.39, 0.29) is 5.97 Å². The molecule has 102 valence electrons. The summed E-state index contributed by atoms with van der Waals surface area (Å²) in [5.74, 6) is 0.302. The standard InChI is InChI=1S/C17H22O2/c1-14(2)12-13-16(17(18)19-3)11-7-10-15-8-5-4-6-9-15/h4-10,13-14H,11-12H2,1-3H3/b10-7+,16-13+. The van der Waals surface area contributed by atoms with Crippen LogP contribution in [0, 0.1) is 5.92 Å². The molecule has 0 unspecified atom stereocenters. The van der Waals surface area contributed by atoms with Crippen molar-refractivity contribution >= 4 is 12.0 Å².